The summed E-state index contributed by atoms with van der Waals surface area (Å²) in [5, 5.41) is 0.300. The highest BCUT2D eigenvalue weighted by Crippen LogP contribution is 2.34. The largest absolute Gasteiger partial charge is 0.493 e. The van der Waals surface area contributed by atoms with Crippen LogP contribution in [0, 0.1) is 5.82 Å². The number of ether oxygens (including phenoxy) is 2. The predicted octanol–water partition coefficient (Wildman–Crippen LogP) is 3.91. The minimum absolute atomic E-state index is 0.00919. The summed E-state index contributed by atoms with van der Waals surface area (Å²) in [4.78, 5) is 12.4. The van der Waals surface area contributed by atoms with E-state index < -0.39 is 34.2 Å². The first kappa shape index (κ1) is 24.5. The van der Waals surface area contributed by atoms with Gasteiger partial charge in [0, 0.05) is 29.8 Å². The van der Waals surface area contributed by atoms with Crippen molar-refractivity contribution in [1.82, 2.24) is 8.87 Å². The molecular weight excluding hydrogens is 468 g/mol. The lowest BCUT2D eigenvalue weighted by Crippen LogP contribution is -2.37. The van der Waals surface area contributed by atoms with Gasteiger partial charge in [-0.05, 0) is 32.2 Å². The molecule has 1 heterocycles. The molecule has 33 heavy (non-hydrogen) atoms. The first-order valence-corrected chi connectivity index (χ1v) is 11.0. The van der Waals surface area contributed by atoms with Crippen LogP contribution in [-0.2, 0) is 26.1 Å². The Kier molecular flexibility index (Phi) is 6.70. The third-order valence-electron chi connectivity index (χ3n) is 5.01. The molecular formula is C21H20F4N2O5S. The molecule has 0 spiro atoms. The number of aromatic nitrogens is 1. The number of carbonyl (C=O) groups is 1. The Bertz CT molecular complexity index is 1270. The SMILES string of the molecule is COc1c(F)cc2c(ccn2S(=O)(=O)c2ccccc2)c1CN(C)C(C)OC(=O)C(F)(F)F. The van der Waals surface area contributed by atoms with Gasteiger partial charge in [-0.25, -0.2) is 21.6 Å². The number of esters is 1. The van der Waals surface area contributed by atoms with E-state index in [9.17, 15) is 30.8 Å². The van der Waals surface area contributed by atoms with Gasteiger partial charge >= 0.3 is 12.1 Å². The van der Waals surface area contributed by atoms with Gasteiger partial charge in [0.15, 0.2) is 17.8 Å². The minimum atomic E-state index is -5.16. The first-order chi connectivity index (χ1) is 15.4. The number of methoxy groups -OCH3 is 1. The fraction of sp³-hybridized carbons (Fsp3) is 0.286. The predicted molar refractivity (Wildman–Crippen MR) is 111 cm³/mol. The number of carbonyl (C=O) groups excluding carboxylic acids is 1. The maximum Gasteiger partial charge on any atom is 0.490 e. The van der Waals surface area contributed by atoms with Crippen LogP contribution in [0.25, 0.3) is 10.9 Å². The number of fused-ring (bicyclic) bond motifs is 1. The summed E-state index contributed by atoms with van der Waals surface area (Å²) in [6.45, 7) is 1.01. The fourth-order valence-corrected chi connectivity index (χ4v) is 4.62. The summed E-state index contributed by atoms with van der Waals surface area (Å²) in [6.07, 6.45) is -5.23. The first-order valence-electron chi connectivity index (χ1n) is 9.53. The van der Waals surface area contributed by atoms with Gasteiger partial charge in [-0.2, -0.15) is 13.2 Å². The lowest BCUT2D eigenvalue weighted by atomic mass is 10.1. The van der Waals surface area contributed by atoms with Crippen molar-refractivity contribution in [1.29, 1.82) is 0 Å². The molecule has 0 aliphatic rings. The maximum absolute atomic E-state index is 14.9. The Balaban J connectivity index is 2.05. The molecule has 0 bridgehead atoms. The Labute approximate surface area is 187 Å². The molecule has 0 saturated carbocycles. The van der Waals surface area contributed by atoms with Crippen LogP contribution in [0.4, 0.5) is 17.6 Å². The second-order valence-electron chi connectivity index (χ2n) is 7.15. The molecule has 1 unspecified atom stereocenters. The van der Waals surface area contributed by atoms with Gasteiger partial charge < -0.3 is 9.47 Å². The topological polar surface area (TPSA) is 77.8 Å². The molecule has 0 aliphatic heterocycles. The summed E-state index contributed by atoms with van der Waals surface area (Å²) in [5.41, 5.74) is 0.187. The van der Waals surface area contributed by atoms with E-state index in [1.54, 1.807) is 18.2 Å². The van der Waals surface area contributed by atoms with E-state index >= 15 is 0 Å². The van der Waals surface area contributed by atoms with Crippen molar-refractivity contribution < 1.29 is 40.2 Å². The van der Waals surface area contributed by atoms with E-state index in [4.69, 9.17) is 4.74 Å². The average Bonchev–Trinajstić information content (AvgIpc) is 3.18. The van der Waals surface area contributed by atoms with Crippen LogP contribution in [0.5, 0.6) is 5.75 Å². The van der Waals surface area contributed by atoms with Crippen LogP contribution in [0.3, 0.4) is 0 Å². The van der Waals surface area contributed by atoms with Gasteiger partial charge in [0.2, 0.25) is 0 Å². The van der Waals surface area contributed by atoms with Crippen LogP contribution in [0.1, 0.15) is 12.5 Å². The van der Waals surface area contributed by atoms with E-state index in [0.717, 1.165) is 10.0 Å². The molecule has 0 radical (unpaired) electrons. The number of benzene rings is 2. The second-order valence-corrected chi connectivity index (χ2v) is 8.97. The zero-order valence-electron chi connectivity index (χ0n) is 17.8. The number of halogens is 4. The molecule has 178 valence electrons. The zero-order valence-corrected chi connectivity index (χ0v) is 18.6. The Morgan fingerprint density at radius 2 is 1.82 bits per heavy atom. The van der Waals surface area contributed by atoms with E-state index in [2.05, 4.69) is 4.74 Å². The molecule has 3 rings (SSSR count). The molecule has 0 amide bonds. The molecule has 0 fully saturated rings. The Morgan fingerprint density at radius 1 is 1.18 bits per heavy atom. The van der Waals surface area contributed by atoms with Gasteiger partial charge in [0.25, 0.3) is 10.0 Å². The highest BCUT2D eigenvalue weighted by molar-refractivity contribution is 7.90. The molecule has 7 nitrogen and oxygen atoms in total. The van der Waals surface area contributed by atoms with Crippen LogP contribution >= 0.6 is 0 Å². The molecule has 0 aliphatic carbocycles. The van der Waals surface area contributed by atoms with Crippen LogP contribution in [0.15, 0.2) is 53.6 Å². The van der Waals surface area contributed by atoms with Gasteiger partial charge in [-0.3, -0.25) is 4.90 Å². The monoisotopic (exact) mass is 488 g/mol. The standard InChI is InChI=1S/C21H20F4N2O5S/c1-13(32-20(28)21(23,24)25)26(2)12-16-15-9-10-27(18(15)11-17(22)19(16)31-3)33(29,30)14-7-5-4-6-8-14/h4-11,13H,12H2,1-3H3. The van der Waals surface area contributed by atoms with Crippen LogP contribution in [-0.4, -0.2) is 49.8 Å². The van der Waals surface area contributed by atoms with Crippen molar-refractivity contribution in [2.24, 2.45) is 0 Å². The fourth-order valence-electron chi connectivity index (χ4n) is 3.26. The molecule has 0 saturated heterocycles. The van der Waals surface area contributed by atoms with Crippen molar-refractivity contribution in [2.75, 3.05) is 14.2 Å². The van der Waals surface area contributed by atoms with Crippen molar-refractivity contribution in [3.8, 4) is 5.75 Å². The Morgan fingerprint density at radius 3 is 2.39 bits per heavy atom. The quantitative estimate of drug-likeness (QED) is 0.285. The summed E-state index contributed by atoms with van der Waals surface area (Å²) >= 11 is 0. The van der Waals surface area contributed by atoms with E-state index in [0.29, 0.717) is 5.39 Å². The highest BCUT2D eigenvalue weighted by atomic mass is 32.2. The number of hydrogen-bond donors (Lipinski definition) is 0. The van der Waals surface area contributed by atoms with Crippen molar-refractivity contribution in [2.45, 2.75) is 30.8 Å². The summed E-state index contributed by atoms with van der Waals surface area (Å²) in [6, 6.07) is 9.98. The summed E-state index contributed by atoms with van der Waals surface area (Å²) < 4.78 is 89.0. The van der Waals surface area contributed by atoms with Gasteiger partial charge in [-0.15, -0.1) is 0 Å². The van der Waals surface area contributed by atoms with E-state index in [-0.39, 0.29) is 28.3 Å². The molecule has 0 N–H and O–H groups in total. The van der Waals surface area contributed by atoms with Gasteiger partial charge in [-0.1, -0.05) is 18.2 Å². The zero-order chi connectivity index (χ0) is 24.6. The lowest BCUT2D eigenvalue weighted by molar-refractivity contribution is -0.211. The van der Waals surface area contributed by atoms with Crippen LogP contribution in [0.2, 0.25) is 0 Å². The number of rotatable bonds is 7. The van der Waals surface area contributed by atoms with E-state index in [1.807, 2.05) is 0 Å². The van der Waals surface area contributed by atoms with Gasteiger partial charge in [0.1, 0.15) is 0 Å². The van der Waals surface area contributed by atoms with Gasteiger partial charge in [0.05, 0.1) is 17.5 Å². The maximum atomic E-state index is 14.9. The third-order valence-corrected chi connectivity index (χ3v) is 6.72. The van der Waals surface area contributed by atoms with E-state index in [1.165, 1.54) is 50.4 Å². The molecule has 12 heteroatoms. The second kappa shape index (κ2) is 9.02. The highest BCUT2D eigenvalue weighted by Gasteiger charge is 2.42. The molecule has 2 aromatic carbocycles. The number of nitrogens with zero attached hydrogens (tertiary/aromatic N) is 2. The summed E-state index contributed by atoms with van der Waals surface area (Å²) in [7, 11) is -1.48. The minimum Gasteiger partial charge on any atom is -0.493 e. The number of hydrogen-bond acceptors (Lipinski definition) is 6. The van der Waals surface area contributed by atoms with Crippen molar-refractivity contribution >= 4 is 26.9 Å². The lowest BCUT2D eigenvalue weighted by Gasteiger charge is -2.26. The molecule has 1 aromatic heterocycles. The third kappa shape index (κ3) is 4.81. The smallest absolute Gasteiger partial charge is 0.490 e. The summed E-state index contributed by atoms with van der Waals surface area (Å²) in [5.74, 6) is -3.44. The average molecular weight is 488 g/mol. The van der Waals surface area contributed by atoms with Crippen LogP contribution < -0.4 is 4.74 Å². The molecule has 3 aromatic rings. The normalized spacial score (nSPS) is 13.3. The number of alkyl halides is 3. The van der Waals surface area contributed by atoms with Crippen molar-refractivity contribution in [3.05, 3.63) is 60.0 Å². The molecule has 1 atom stereocenters. The Hall–Kier alpha value is -3.12. The van der Waals surface area contributed by atoms with Crippen molar-refractivity contribution in [3.63, 3.8) is 0 Å².